The van der Waals surface area contributed by atoms with Gasteiger partial charge in [0.05, 0.1) is 5.92 Å². The fourth-order valence-corrected chi connectivity index (χ4v) is 2.91. The van der Waals surface area contributed by atoms with Crippen molar-refractivity contribution in [3.8, 4) is 0 Å². The summed E-state index contributed by atoms with van der Waals surface area (Å²) < 4.78 is 0. The number of carbonyl (C=O) groups is 1. The molecule has 3 nitrogen and oxygen atoms in total. The van der Waals surface area contributed by atoms with Crippen LogP contribution in [0.5, 0.6) is 0 Å². The first-order valence-corrected chi connectivity index (χ1v) is 6.76. The lowest BCUT2D eigenvalue weighted by Crippen LogP contribution is -2.39. The van der Waals surface area contributed by atoms with Crippen molar-refractivity contribution in [2.75, 3.05) is 6.54 Å². The Morgan fingerprint density at radius 2 is 2.44 bits per heavy atom. The first kappa shape index (κ1) is 11.6. The Bertz CT molecular complexity index is 337. The number of hydrogen-bond acceptors (Lipinski definition) is 3. The fraction of sp³-hybridized carbons (Fsp3) is 0.583. The lowest BCUT2D eigenvalue weighted by molar-refractivity contribution is -0.125. The second-order valence-corrected chi connectivity index (χ2v) is 5.15. The summed E-state index contributed by atoms with van der Waals surface area (Å²) in [6.45, 7) is 0.721. The van der Waals surface area contributed by atoms with E-state index >= 15 is 0 Å². The van der Waals surface area contributed by atoms with Crippen LogP contribution in [0, 0.1) is 5.92 Å². The van der Waals surface area contributed by atoms with Crippen LogP contribution in [0.25, 0.3) is 0 Å². The van der Waals surface area contributed by atoms with Crippen molar-refractivity contribution in [3.05, 3.63) is 22.4 Å². The van der Waals surface area contributed by atoms with Crippen LogP contribution in [0.2, 0.25) is 0 Å². The summed E-state index contributed by atoms with van der Waals surface area (Å²) >= 11 is 1.69. The second kappa shape index (κ2) is 5.46. The lowest BCUT2D eigenvalue weighted by atomic mass is 10.0. The van der Waals surface area contributed by atoms with Gasteiger partial charge in [0.2, 0.25) is 5.91 Å². The zero-order valence-electron chi connectivity index (χ0n) is 9.32. The van der Waals surface area contributed by atoms with Gasteiger partial charge < -0.3 is 11.1 Å². The van der Waals surface area contributed by atoms with Gasteiger partial charge in [-0.1, -0.05) is 6.42 Å². The molecule has 1 heterocycles. The first-order chi connectivity index (χ1) is 7.77. The van der Waals surface area contributed by atoms with Crippen LogP contribution in [0.1, 0.15) is 24.8 Å². The van der Waals surface area contributed by atoms with E-state index in [9.17, 15) is 4.79 Å². The van der Waals surface area contributed by atoms with E-state index in [4.69, 9.17) is 5.73 Å². The third-order valence-corrected chi connectivity index (χ3v) is 3.93. The van der Waals surface area contributed by atoms with E-state index in [1.54, 1.807) is 11.3 Å². The number of carbonyl (C=O) groups excluding carboxylic acids is 1. The van der Waals surface area contributed by atoms with Gasteiger partial charge in [0, 0.05) is 12.6 Å². The third-order valence-electron chi connectivity index (χ3n) is 3.20. The molecule has 0 saturated heterocycles. The SMILES string of the molecule is NC1CCCC1C(=O)NCCc1ccsc1. The van der Waals surface area contributed by atoms with E-state index in [1.165, 1.54) is 5.56 Å². The zero-order valence-corrected chi connectivity index (χ0v) is 10.1. The molecule has 1 fully saturated rings. The summed E-state index contributed by atoms with van der Waals surface area (Å²) in [7, 11) is 0. The molecule has 0 bridgehead atoms. The molecule has 0 aliphatic heterocycles. The molecule has 0 aromatic carbocycles. The summed E-state index contributed by atoms with van der Waals surface area (Å²) in [5.41, 5.74) is 7.18. The van der Waals surface area contributed by atoms with Crippen molar-refractivity contribution in [1.29, 1.82) is 0 Å². The molecular formula is C12H18N2OS. The van der Waals surface area contributed by atoms with Gasteiger partial charge in [-0.05, 0) is 41.7 Å². The average molecular weight is 238 g/mol. The minimum absolute atomic E-state index is 0.0440. The summed E-state index contributed by atoms with van der Waals surface area (Å²) in [6.07, 6.45) is 3.94. The molecule has 2 atom stereocenters. The highest BCUT2D eigenvalue weighted by molar-refractivity contribution is 7.07. The van der Waals surface area contributed by atoms with Crippen LogP contribution < -0.4 is 11.1 Å². The van der Waals surface area contributed by atoms with Gasteiger partial charge in [0.1, 0.15) is 0 Å². The lowest BCUT2D eigenvalue weighted by Gasteiger charge is -2.14. The molecule has 88 valence electrons. The normalized spacial score (nSPS) is 24.6. The van der Waals surface area contributed by atoms with Crippen molar-refractivity contribution in [3.63, 3.8) is 0 Å². The topological polar surface area (TPSA) is 55.1 Å². The largest absolute Gasteiger partial charge is 0.355 e. The summed E-state index contributed by atoms with van der Waals surface area (Å²) in [6, 6.07) is 2.17. The Labute approximate surface area is 100 Å². The number of amides is 1. The van der Waals surface area contributed by atoms with Gasteiger partial charge >= 0.3 is 0 Å². The Hall–Kier alpha value is -0.870. The molecule has 2 rings (SSSR count). The van der Waals surface area contributed by atoms with Crippen molar-refractivity contribution in [1.82, 2.24) is 5.32 Å². The maximum atomic E-state index is 11.8. The zero-order chi connectivity index (χ0) is 11.4. The van der Waals surface area contributed by atoms with E-state index < -0.39 is 0 Å². The first-order valence-electron chi connectivity index (χ1n) is 5.82. The number of thiophene rings is 1. The molecule has 4 heteroatoms. The van der Waals surface area contributed by atoms with E-state index in [1.807, 2.05) is 0 Å². The predicted octanol–water partition coefficient (Wildman–Crippen LogP) is 1.53. The fourth-order valence-electron chi connectivity index (χ4n) is 2.21. The average Bonchev–Trinajstić information content (AvgIpc) is 2.88. The monoisotopic (exact) mass is 238 g/mol. The maximum Gasteiger partial charge on any atom is 0.224 e. The van der Waals surface area contributed by atoms with Crippen LogP contribution in [0.15, 0.2) is 16.8 Å². The highest BCUT2D eigenvalue weighted by Crippen LogP contribution is 2.23. The van der Waals surface area contributed by atoms with Gasteiger partial charge in [-0.3, -0.25) is 4.79 Å². The molecule has 1 amide bonds. The molecule has 1 aliphatic carbocycles. The smallest absolute Gasteiger partial charge is 0.224 e. The van der Waals surface area contributed by atoms with Crippen molar-refractivity contribution in [2.45, 2.75) is 31.7 Å². The van der Waals surface area contributed by atoms with Crippen LogP contribution in [0.3, 0.4) is 0 Å². The van der Waals surface area contributed by atoms with Crippen molar-refractivity contribution < 1.29 is 4.79 Å². The highest BCUT2D eigenvalue weighted by atomic mass is 32.1. The summed E-state index contributed by atoms with van der Waals surface area (Å²) in [4.78, 5) is 11.8. The van der Waals surface area contributed by atoms with E-state index in [0.717, 1.165) is 32.2 Å². The molecular weight excluding hydrogens is 220 g/mol. The van der Waals surface area contributed by atoms with Gasteiger partial charge in [0.25, 0.3) is 0 Å². The molecule has 16 heavy (non-hydrogen) atoms. The minimum Gasteiger partial charge on any atom is -0.355 e. The Balaban J connectivity index is 1.71. The molecule has 1 aromatic heterocycles. The molecule has 0 radical (unpaired) electrons. The molecule has 1 saturated carbocycles. The molecule has 0 spiro atoms. The molecule has 1 aromatic rings. The second-order valence-electron chi connectivity index (χ2n) is 4.37. The van der Waals surface area contributed by atoms with Crippen molar-refractivity contribution in [2.24, 2.45) is 11.7 Å². The van der Waals surface area contributed by atoms with E-state index in [2.05, 4.69) is 22.1 Å². The summed E-state index contributed by atoms with van der Waals surface area (Å²) in [5, 5.41) is 7.16. The maximum absolute atomic E-state index is 11.8. The standard InChI is InChI=1S/C12H18N2OS/c13-11-3-1-2-10(11)12(15)14-6-4-9-5-7-16-8-9/h5,7-8,10-11H,1-4,6,13H2,(H,14,15). The van der Waals surface area contributed by atoms with E-state index in [-0.39, 0.29) is 17.9 Å². The van der Waals surface area contributed by atoms with Crippen molar-refractivity contribution >= 4 is 17.2 Å². The molecule has 1 aliphatic rings. The Morgan fingerprint density at radius 1 is 1.56 bits per heavy atom. The minimum atomic E-state index is 0.0440. The number of rotatable bonds is 4. The van der Waals surface area contributed by atoms with Crippen LogP contribution in [-0.2, 0) is 11.2 Å². The van der Waals surface area contributed by atoms with Crippen LogP contribution in [-0.4, -0.2) is 18.5 Å². The van der Waals surface area contributed by atoms with Crippen LogP contribution in [0.4, 0.5) is 0 Å². The molecule has 3 N–H and O–H groups in total. The van der Waals surface area contributed by atoms with E-state index in [0.29, 0.717) is 0 Å². The Morgan fingerprint density at radius 3 is 3.06 bits per heavy atom. The quantitative estimate of drug-likeness (QED) is 0.836. The number of nitrogens with two attached hydrogens (primary N) is 1. The summed E-state index contributed by atoms with van der Waals surface area (Å²) in [5.74, 6) is 0.183. The van der Waals surface area contributed by atoms with Crippen LogP contribution >= 0.6 is 11.3 Å². The number of hydrogen-bond donors (Lipinski definition) is 2. The Kier molecular flexibility index (Phi) is 3.96. The predicted molar refractivity (Wildman–Crippen MR) is 66.3 cm³/mol. The van der Waals surface area contributed by atoms with Gasteiger partial charge in [0.15, 0.2) is 0 Å². The third kappa shape index (κ3) is 2.83. The van der Waals surface area contributed by atoms with Gasteiger partial charge in [-0.15, -0.1) is 0 Å². The van der Waals surface area contributed by atoms with Gasteiger partial charge in [-0.25, -0.2) is 0 Å². The highest BCUT2D eigenvalue weighted by Gasteiger charge is 2.29. The number of nitrogens with one attached hydrogen (secondary N) is 1. The molecule has 2 unspecified atom stereocenters. The van der Waals surface area contributed by atoms with Gasteiger partial charge in [-0.2, -0.15) is 11.3 Å².